The Balaban J connectivity index is 1.83. The number of hydrogen-bond donors (Lipinski definition) is 1. The lowest BCUT2D eigenvalue weighted by atomic mass is 9.68. The molecule has 5 heteroatoms. The van der Waals surface area contributed by atoms with Crippen LogP contribution in [0.25, 0.3) is 0 Å². The third-order valence-electron chi connectivity index (χ3n) is 7.86. The van der Waals surface area contributed by atoms with Crippen LogP contribution in [0.15, 0.2) is 60.7 Å². The number of carboxylic acid groups (broad SMARTS) is 1. The maximum atomic E-state index is 13.1. The fraction of sp³-hybridized carbons (Fsp3) is 0.481. The zero-order chi connectivity index (χ0) is 23.1. The Hall–Kier alpha value is -2.24. The molecule has 2 saturated carbocycles. The van der Waals surface area contributed by atoms with Crippen LogP contribution in [-0.4, -0.2) is 31.3 Å². The van der Waals surface area contributed by atoms with E-state index in [-0.39, 0.29) is 22.8 Å². The smallest absolute Gasteiger partial charge is 0.314 e. The highest BCUT2D eigenvalue weighted by atomic mass is 28.4. The zero-order valence-electron chi connectivity index (χ0n) is 19.5. The van der Waals surface area contributed by atoms with Gasteiger partial charge in [0.25, 0.3) is 8.32 Å². The van der Waals surface area contributed by atoms with Crippen LogP contribution >= 0.6 is 0 Å². The van der Waals surface area contributed by atoms with Gasteiger partial charge < -0.3 is 9.53 Å². The van der Waals surface area contributed by atoms with Crippen molar-refractivity contribution in [1.29, 1.82) is 0 Å². The standard InChI is InChI=1S/C27H34O4Si/c1-26(2,3)32(19-12-7-5-8-13-19,20-14-9-6-10-15-20)31-23-16-11-17-27(4)22(23)18-21(24(27)28)25(29)30/h5-10,12-15,21-23H,11,16-18H2,1-4H3,(H,29,30)/t21?,22-,23+,27-/m0/s1. The van der Waals surface area contributed by atoms with Crippen molar-refractivity contribution in [3.05, 3.63) is 60.7 Å². The van der Waals surface area contributed by atoms with E-state index in [9.17, 15) is 14.7 Å². The van der Waals surface area contributed by atoms with E-state index in [1.807, 2.05) is 19.1 Å². The predicted octanol–water partition coefficient (Wildman–Crippen LogP) is 4.41. The number of rotatable bonds is 5. The third kappa shape index (κ3) is 3.56. The first-order chi connectivity index (χ1) is 15.1. The van der Waals surface area contributed by atoms with Crippen molar-refractivity contribution in [2.75, 3.05) is 0 Å². The minimum absolute atomic E-state index is 0.0634. The Labute approximate surface area is 192 Å². The topological polar surface area (TPSA) is 63.6 Å². The minimum Gasteiger partial charge on any atom is -0.481 e. The van der Waals surface area contributed by atoms with Gasteiger partial charge >= 0.3 is 5.97 Å². The lowest BCUT2D eigenvalue weighted by Gasteiger charge is -2.49. The Bertz CT molecular complexity index is 942. The molecule has 2 aromatic rings. The maximum Gasteiger partial charge on any atom is 0.314 e. The monoisotopic (exact) mass is 450 g/mol. The summed E-state index contributed by atoms with van der Waals surface area (Å²) >= 11 is 0. The molecule has 4 atom stereocenters. The summed E-state index contributed by atoms with van der Waals surface area (Å²) in [5, 5.41) is 12.0. The second kappa shape index (κ2) is 8.27. The Morgan fingerprint density at radius 1 is 1.03 bits per heavy atom. The molecular weight excluding hydrogens is 416 g/mol. The van der Waals surface area contributed by atoms with Gasteiger partial charge in [-0.2, -0.15) is 0 Å². The Kier molecular flexibility index (Phi) is 5.93. The van der Waals surface area contributed by atoms with Gasteiger partial charge in [0.15, 0.2) is 5.78 Å². The van der Waals surface area contributed by atoms with Crippen LogP contribution in [0.2, 0.25) is 5.04 Å². The van der Waals surface area contributed by atoms with Crippen molar-refractivity contribution >= 4 is 30.4 Å². The Morgan fingerprint density at radius 3 is 2.03 bits per heavy atom. The van der Waals surface area contributed by atoms with Crippen LogP contribution in [-0.2, 0) is 14.0 Å². The van der Waals surface area contributed by atoms with E-state index in [1.54, 1.807) is 0 Å². The van der Waals surface area contributed by atoms with Gasteiger partial charge in [0.05, 0.1) is 0 Å². The average Bonchev–Trinajstić information content (AvgIpc) is 3.04. The first kappa shape index (κ1) is 22.9. The molecule has 0 bridgehead atoms. The number of carbonyl (C=O) groups excluding carboxylic acids is 1. The highest BCUT2D eigenvalue weighted by Crippen LogP contribution is 2.54. The fourth-order valence-corrected chi connectivity index (χ4v) is 11.0. The van der Waals surface area contributed by atoms with E-state index in [0.717, 1.165) is 19.3 Å². The van der Waals surface area contributed by atoms with Crippen LogP contribution in [0.1, 0.15) is 53.4 Å². The van der Waals surface area contributed by atoms with E-state index in [4.69, 9.17) is 4.43 Å². The van der Waals surface area contributed by atoms with Crippen LogP contribution in [0, 0.1) is 17.3 Å². The van der Waals surface area contributed by atoms with Crippen molar-refractivity contribution in [3.63, 3.8) is 0 Å². The average molecular weight is 451 g/mol. The summed E-state index contributed by atoms with van der Waals surface area (Å²) in [6.45, 7) is 8.73. The summed E-state index contributed by atoms with van der Waals surface area (Å²) in [6.07, 6.45) is 2.75. The highest BCUT2D eigenvalue weighted by molar-refractivity contribution is 6.99. The molecule has 0 heterocycles. The summed E-state index contributed by atoms with van der Waals surface area (Å²) in [5.74, 6) is -2.07. The second-order valence-electron chi connectivity index (χ2n) is 10.7. The summed E-state index contributed by atoms with van der Waals surface area (Å²) in [4.78, 5) is 25.0. The lowest BCUT2D eigenvalue weighted by Crippen LogP contribution is -2.68. The molecule has 1 N–H and O–H groups in total. The molecule has 0 aromatic heterocycles. The third-order valence-corrected chi connectivity index (χ3v) is 12.9. The molecule has 2 aliphatic rings. The highest BCUT2D eigenvalue weighted by Gasteiger charge is 2.60. The molecule has 0 amide bonds. The van der Waals surface area contributed by atoms with Crippen LogP contribution in [0.4, 0.5) is 0 Å². The van der Waals surface area contributed by atoms with Gasteiger partial charge in [-0.3, -0.25) is 9.59 Å². The molecule has 32 heavy (non-hydrogen) atoms. The SMILES string of the molecule is CC(C)(C)[Si](O[C@@H]1CCC[C@]2(C)C(=O)C(C(=O)O)C[C@@H]12)(c1ccccc1)c1ccccc1. The predicted molar refractivity (Wildman–Crippen MR) is 129 cm³/mol. The van der Waals surface area contributed by atoms with Crippen molar-refractivity contribution in [1.82, 2.24) is 0 Å². The van der Waals surface area contributed by atoms with E-state index in [1.165, 1.54) is 10.4 Å². The Morgan fingerprint density at radius 2 is 1.56 bits per heavy atom. The summed E-state index contributed by atoms with van der Waals surface area (Å²) in [6, 6.07) is 21.0. The number of fused-ring (bicyclic) bond motifs is 1. The van der Waals surface area contributed by atoms with E-state index >= 15 is 0 Å². The largest absolute Gasteiger partial charge is 0.481 e. The quantitative estimate of drug-likeness (QED) is 0.541. The second-order valence-corrected chi connectivity index (χ2v) is 15.0. The van der Waals surface area contributed by atoms with Crippen molar-refractivity contribution in [2.45, 2.75) is 64.5 Å². The molecule has 1 unspecified atom stereocenters. The summed E-state index contributed by atoms with van der Waals surface area (Å²) < 4.78 is 7.36. The van der Waals surface area contributed by atoms with Crippen LogP contribution < -0.4 is 10.4 Å². The lowest BCUT2D eigenvalue weighted by molar-refractivity contribution is -0.147. The van der Waals surface area contributed by atoms with Gasteiger partial charge in [-0.05, 0) is 47.0 Å². The van der Waals surface area contributed by atoms with E-state index in [0.29, 0.717) is 6.42 Å². The van der Waals surface area contributed by atoms with Gasteiger partial charge in [0.1, 0.15) is 5.92 Å². The number of benzene rings is 2. The molecule has 0 radical (unpaired) electrons. The molecule has 2 aromatic carbocycles. The van der Waals surface area contributed by atoms with Gasteiger partial charge in [-0.1, -0.05) is 88.4 Å². The number of hydrogen-bond acceptors (Lipinski definition) is 3. The molecule has 4 nitrogen and oxygen atoms in total. The molecule has 0 aliphatic heterocycles. The molecule has 2 fully saturated rings. The molecule has 4 rings (SSSR count). The van der Waals surface area contributed by atoms with E-state index in [2.05, 4.69) is 69.3 Å². The minimum atomic E-state index is -2.76. The number of aliphatic carboxylic acids is 1. The van der Waals surface area contributed by atoms with Crippen LogP contribution in [0.3, 0.4) is 0 Å². The zero-order valence-corrected chi connectivity index (χ0v) is 20.5. The first-order valence-corrected chi connectivity index (χ1v) is 13.6. The molecular formula is C27H34O4Si. The molecule has 0 saturated heterocycles. The van der Waals surface area contributed by atoms with Gasteiger partial charge in [0.2, 0.25) is 0 Å². The van der Waals surface area contributed by atoms with E-state index < -0.39 is 25.6 Å². The van der Waals surface area contributed by atoms with Crippen LogP contribution in [0.5, 0.6) is 0 Å². The van der Waals surface area contributed by atoms with Crippen molar-refractivity contribution in [2.24, 2.45) is 17.3 Å². The number of Topliss-reactive ketones (excluding diaryl/α,β-unsaturated/α-hetero) is 1. The van der Waals surface area contributed by atoms with Crippen molar-refractivity contribution < 1.29 is 19.1 Å². The first-order valence-electron chi connectivity index (χ1n) is 11.7. The summed E-state index contributed by atoms with van der Waals surface area (Å²) in [7, 11) is -2.76. The number of ketones is 1. The summed E-state index contributed by atoms with van der Waals surface area (Å²) in [5.41, 5.74) is -0.614. The van der Waals surface area contributed by atoms with Crippen molar-refractivity contribution in [3.8, 4) is 0 Å². The number of carbonyl (C=O) groups is 2. The molecule has 0 spiro atoms. The number of carboxylic acids is 1. The van der Waals surface area contributed by atoms with Gasteiger partial charge in [-0.15, -0.1) is 0 Å². The fourth-order valence-electron chi connectivity index (χ4n) is 6.22. The maximum absolute atomic E-state index is 13.1. The normalized spacial score (nSPS) is 28.4. The van der Waals surface area contributed by atoms with Gasteiger partial charge in [-0.25, -0.2) is 0 Å². The van der Waals surface area contributed by atoms with Gasteiger partial charge in [0, 0.05) is 11.5 Å². The molecule has 2 aliphatic carbocycles. The molecule has 170 valence electrons.